The molecule has 13 heteroatoms. The maximum atomic E-state index is 12.6. The molecule has 10 nitrogen and oxygen atoms in total. The Kier molecular flexibility index (Phi) is 9.52. The van der Waals surface area contributed by atoms with E-state index in [1.807, 2.05) is 6.92 Å². The van der Waals surface area contributed by atoms with Crippen molar-refractivity contribution in [2.24, 2.45) is 5.10 Å². The van der Waals surface area contributed by atoms with Crippen LogP contribution in [0, 0.1) is 24.0 Å². The number of hydrazone groups is 1. The van der Waals surface area contributed by atoms with Crippen molar-refractivity contribution in [2.45, 2.75) is 40.3 Å². The van der Waals surface area contributed by atoms with Gasteiger partial charge >= 0.3 is 5.69 Å². The van der Waals surface area contributed by atoms with Crippen molar-refractivity contribution in [1.82, 2.24) is 15.2 Å². The van der Waals surface area contributed by atoms with Crippen LogP contribution in [0.15, 0.2) is 39.9 Å². The van der Waals surface area contributed by atoms with Crippen molar-refractivity contribution in [3.05, 3.63) is 77.5 Å². The standard InChI is InChI=1S/C24H24BrCl2N5O5/c1-5-36-21-10-16(9-18(25)23(21)37-12-17-19(26)7-6-8-20(17)27)11-28-29-24(33)15(4)31-14(3)22(32(34)35)13(2)30-31/h6-11,15H,5,12H2,1-4H3,(H,29,33)/b28-11+. The van der Waals surface area contributed by atoms with E-state index in [-0.39, 0.29) is 23.7 Å². The summed E-state index contributed by atoms with van der Waals surface area (Å²) < 4.78 is 13.6. The lowest BCUT2D eigenvalue weighted by atomic mass is 10.2. The van der Waals surface area contributed by atoms with E-state index >= 15 is 0 Å². The van der Waals surface area contributed by atoms with Gasteiger partial charge in [-0.1, -0.05) is 29.3 Å². The van der Waals surface area contributed by atoms with E-state index in [0.717, 1.165) is 0 Å². The maximum absolute atomic E-state index is 12.6. The van der Waals surface area contributed by atoms with E-state index in [1.165, 1.54) is 17.8 Å². The molecule has 1 heterocycles. The van der Waals surface area contributed by atoms with Crippen LogP contribution < -0.4 is 14.9 Å². The van der Waals surface area contributed by atoms with Crippen LogP contribution in [0.5, 0.6) is 11.5 Å². The zero-order valence-electron chi connectivity index (χ0n) is 20.4. The van der Waals surface area contributed by atoms with Crippen LogP contribution in [0.4, 0.5) is 5.69 Å². The summed E-state index contributed by atoms with van der Waals surface area (Å²) in [6.07, 6.45) is 1.44. The average molecular weight is 613 g/mol. The Morgan fingerprint density at radius 3 is 2.57 bits per heavy atom. The predicted octanol–water partition coefficient (Wildman–Crippen LogP) is 6.17. The first-order valence-corrected chi connectivity index (χ1v) is 12.6. The molecule has 1 unspecified atom stereocenters. The molecule has 0 fully saturated rings. The minimum atomic E-state index is -0.817. The van der Waals surface area contributed by atoms with Crippen LogP contribution in [0.2, 0.25) is 10.0 Å². The molecule has 196 valence electrons. The lowest BCUT2D eigenvalue weighted by Gasteiger charge is -2.16. The number of hydrogen-bond donors (Lipinski definition) is 1. The summed E-state index contributed by atoms with van der Waals surface area (Å²) in [6.45, 7) is 7.00. The molecule has 0 radical (unpaired) electrons. The van der Waals surface area contributed by atoms with Crippen LogP contribution in [0.3, 0.4) is 0 Å². The summed E-state index contributed by atoms with van der Waals surface area (Å²) in [5.74, 6) is 0.423. The molecule has 0 aliphatic carbocycles. The van der Waals surface area contributed by atoms with Crippen LogP contribution in [-0.2, 0) is 11.4 Å². The van der Waals surface area contributed by atoms with E-state index in [1.54, 1.807) is 44.2 Å². The second kappa shape index (κ2) is 12.4. The number of aryl methyl sites for hydroxylation is 1. The largest absolute Gasteiger partial charge is 0.490 e. The van der Waals surface area contributed by atoms with Crippen LogP contribution in [0.1, 0.15) is 42.4 Å². The summed E-state index contributed by atoms with van der Waals surface area (Å²) in [5.41, 5.74) is 4.11. The molecule has 37 heavy (non-hydrogen) atoms. The molecule has 0 aliphatic rings. The summed E-state index contributed by atoms with van der Waals surface area (Å²) in [4.78, 5) is 23.3. The van der Waals surface area contributed by atoms with Gasteiger partial charge in [0.25, 0.3) is 5.91 Å². The molecular weight excluding hydrogens is 589 g/mol. The van der Waals surface area contributed by atoms with Crippen molar-refractivity contribution < 1.29 is 19.2 Å². The highest BCUT2D eigenvalue weighted by Crippen LogP contribution is 2.38. The molecular formula is C24H24BrCl2N5O5. The molecule has 0 saturated carbocycles. The van der Waals surface area contributed by atoms with Crippen molar-refractivity contribution in [1.29, 1.82) is 0 Å². The van der Waals surface area contributed by atoms with E-state index in [2.05, 4.69) is 31.6 Å². The van der Waals surface area contributed by atoms with Crippen LogP contribution in [-0.4, -0.2) is 33.4 Å². The zero-order valence-corrected chi connectivity index (χ0v) is 23.5. The number of nitrogens with zero attached hydrogens (tertiary/aromatic N) is 4. The normalized spacial score (nSPS) is 12.0. The van der Waals surface area contributed by atoms with Crippen molar-refractivity contribution in [3.63, 3.8) is 0 Å². The number of aromatic nitrogens is 2. The van der Waals surface area contributed by atoms with Gasteiger partial charge in [-0.2, -0.15) is 10.2 Å². The smallest absolute Gasteiger partial charge is 0.312 e. The lowest BCUT2D eigenvalue weighted by molar-refractivity contribution is -0.386. The van der Waals surface area contributed by atoms with Gasteiger partial charge in [-0.05, 0) is 73.5 Å². The first-order chi connectivity index (χ1) is 17.5. The third kappa shape index (κ3) is 6.60. The topological polar surface area (TPSA) is 121 Å². The Morgan fingerprint density at radius 1 is 1.30 bits per heavy atom. The number of ether oxygens (including phenoxy) is 2. The van der Waals surface area contributed by atoms with E-state index < -0.39 is 16.9 Å². The fraction of sp³-hybridized carbons (Fsp3) is 0.292. The number of amides is 1. The Bertz CT molecular complexity index is 1340. The number of carbonyl (C=O) groups is 1. The minimum Gasteiger partial charge on any atom is -0.490 e. The second-order valence-corrected chi connectivity index (χ2v) is 9.55. The fourth-order valence-corrected chi connectivity index (χ4v) is 4.63. The highest BCUT2D eigenvalue weighted by molar-refractivity contribution is 9.10. The summed E-state index contributed by atoms with van der Waals surface area (Å²) in [6, 6.07) is 7.86. The molecule has 0 saturated heterocycles. The number of carbonyl (C=O) groups excluding carboxylic acids is 1. The first kappa shape index (κ1) is 28.4. The van der Waals surface area contributed by atoms with E-state index in [4.69, 9.17) is 32.7 Å². The Balaban J connectivity index is 1.75. The summed E-state index contributed by atoms with van der Waals surface area (Å²) in [5, 5.41) is 20.4. The van der Waals surface area contributed by atoms with Gasteiger partial charge in [0.05, 0.1) is 22.2 Å². The third-order valence-corrected chi connectivity index (χ3v) is 6.66. The number of halogens is 3. The molecule has 2 aromatic carbocycles. The van der Waals surface area contributed by atoms with Gasteiger partial charge in [-0.15, -0.1) is 0 Å². The second-order valence-electron chi connectivity index (χ2n) is 7.88. The lowest BCUT2D eigenvalue weighted by Crippen LogP contribution is -2.28. The molecule has 3 aromatic rings. The van der Waals surface area contributed by atoms with E-state index in [0.29, 0.717) is 43.8 Å². The van der Waals surface area contributed by atoms with E-state index in [9.17, 15) is 14.9 Å². The van der Waals surface area contributed by atoms with Crippen LogP contribution in [0.25, 0.3) is 0 Å². The van der Waals surface area contributed by atoms with Gasteiger partial charge in [0.1, 0.15) is 24.0 Å². The number of hydrogen-bond acceptors (Lipinski definition) is 7. The van der Waals surface area contributed by atoms with Gasteiger partial charge in [0.2, 0.25) is 0 Å². The maximum Gasteiger partial charge on any atom is 0.312 e. The van der Waals surface area contributed by atoms with Gasteiger partial charge in [-0.25, -0.2) is 5.43 Å². The monoisotopic (exact) mass is 611 g/mol. The fourth-order valence-electron chi connectivity index (χ4n) is 3.55. The molecule has 1 atom stereocenters. The molecule has 1 N–H and O–H groups in total. The first-order valence-electron chi connectivity index (χ1n) is 11.1. The van der Waals surface area contributed by atoms with Crippen molar-refractivity contribution in [2.75, 3.05) is 6.61 Å². The minimum absolute atomic E-state index is 0.115. The molecule has 1 amide bonds. The highest BCUT2D eigenvalue weighted by Gasteiger charge is 2.27. The third-order valence-electron chi connectivity index (χ3n) is 5.36. The summed E-state index contributed by atoms with van der Waals surface area (Å²) >= 11 is 16.0. The van der Waals surface area contributed by atoms with Gasteiger partial charge in [0, 0.05) is 15.6 Å². The number of benzene rings is 2. The van der Waals surface area contributed by atoms with Gasteiger partial charge < -0.3 is 9.47 Å². The Labute approximate surface area is 231 Å². The molecule has 1 aromatic heterocycles. The SMILES string of the molecule is CCOc1cc(/C=N/NC(=O)C(C)n2nc(C)c([N+](=O)[O-])c2C)cc(Br)c1OCc1c(Cl)cccc1Cl. The molecule has 0 bridgehead atoms. The predicted molar refractivity (Wildman–Crippen MR) is 145 cm³/mol. The summed E-state index contributed by atoms with van der Waals surface area (Å²) in [7, 11) is 0. The average Bonchev–Trinajstić information content (AvgIpc) is 3.13. The quantitative estimate of drug-likeness (QED) is 0.166. The zero-order chi connectivity index (χ0) is 27.3. The number of nitro groups is 1. The van der Waals surface area contributed by atoms with Crippen molar-refractivity contribution >= 4 is 56.9 Å². The molecule has 0 aliphatic heterocycles. The van der Waals surface area contributed by atoms with Gasteiger partial charge in [0.15, 0.2) is 11.5 Å². The highest BCUT2D eigenvalue weighted by atomic mass is 79.9. The van der Waals surface area contributed by atoms with Gasteiger partial charge in [-0.3, -0.25) is 19.6 Å². The molecule has 3 rings (SSSR count). The molecule has 0 spiro atoms. The number of rotatable bonds is 10. The number of nitrogens with one attached hydrogen (secondary N) is 1. The van der Waals surface area contributed by atoms with Crippen LogP contribution >= 0.6 is 39.1 Å². The van der Waals surface area contributed by atoms with Crippen molar-refractivity contribution in [3.8, 4) is 11.5 Å². The Hall–Kier alpha value is -3.15. The Morgan fingerprint density at radius 2 is 1.97 bits per heavy atom.